The molecular weight excluding hydrogens is 855 g/mol. The summed E-state index contributed by atoms with van der Waals surface area (Å²) in [7, 11) is 2.00. The summed E-state index contributed by atoms with van der Waals surface area (Å²) >= 11 is 0. The molecule has 0 aromatic heterocycles. The first-order valence-corrected chi connectivity index (χ1v) is 24.3. The van der Waals surface area contributed by atoms with Crippen LogP contribution >= 0.6 is 0 Å². The number of carbonyl (C=O) groups is 6. The fourth-order valence-electron chi connectivity index (χ4n) is 12.3. The van der Waals surface area contributed by atoms with Gasteiger partial charge in [0, 0.05) is 69.6 Å². The van der Waals surface area contributed by atoms with Crippen molar-refractivity contribution < 1.29 is 48.1 Å². The molecule has 5 fully saturated rings. The van der Waals surface area contributed by atoms with Gasteiger partial charge in [0.1, 0.15) is 28.9 Å². The topological polar surface area (TPSA) is 167 Å². The number of anilines is 1. The van der Waals surface area contributed by atoms with Gasteiger partial charge >= 0.3 is 18.2 Å². The Balaban J connectivity index is 0.956. The van der Waals surface area contributed by atoms with Crippen molar-refractivity contribution in [3.8, 4) is 11.8 Å². The van der Waals surface area contributed by atoms with Crippen LogP contribution in [0, 0.1) is 29.1 Å². The average molecular weight is 924 g/mol. The number of hydrogen-bond acceptors (Lipinski definition) is 10. The van der Waals surface area contributed by atoms with Gasteiger partial charge in [0.2, 0.25) is 11.8 Å². The van der Waals surface area contributed by atoms with Crippen molar-refractivity contribution in [2.75, 3.05) is 64.4 Å². The summed E-state index contributed by atoms with van der Waals surface area (Å²) in [5.41, 5.74) is 4.51. The van der Waals surface area contributed by atoms with Crippen LogP contribution in [0.5, 0.6) is 0 Å². The van der Waals surface area contributed by atoms with E-state index in [4.69, 9.17) is 14.2 Å². The molecule has 0 radical (unpaired) electrons. The number of ether oxygens (including phenoxy) is 3. The molecule has 8 rings (SSSR count). The second-order valence-corrected chi connectivity index (χ2v) is 21.7. The first-order chi connectivity index (χ1) is 31.6. The summed E-state index contributed by atoms with van der Waals surface area (Å²) < 4.78 is 17.5. The third kappa shape index (κ3) is 9.31. The predicted octanol–water partition coefficient (Wildman–Crippen LogP) is 6.56. The summed E-state index contributed by atoms with van der Waals surface area (Å²) in [5, 5.41) is 10.3. The fraction of sp³-hybridized carbons (Fsp3) is 0.654. The van der Waals surface area contributed by atoms with Gasteiger partial charge in [0.25, 0.3) is 0 Å². The lowest BCUT2D eigenvalue weighted by Crippen LogP contribution is -2.67. The van der Waals surface area contributed by atoms with Crippen LogP contribution in [0.2, 0.25) is 0 Å². The molecular formula is C52H69N5O10. The fourth-order valence-corrected chi connectivity index (χ4v) is 12.3. The molecule has 67 heavy (non-hydrogen) atoms. The highest BCUT2D eigenvalue weighted by molar-refractivity contribution is 5.93. The zero-order chi connectivity index (χ0) is 48.2. The maximum atomic E-state index is 14.5. The number of carboxylic acid groups (broad SMARTS) is 1. The van der Waals surface area contributed by atoms with E-state index in [1.54, 1.807) is 41.5 Å². The van der Waals surface area contributed by atoms with Gasteiger partial charge in [-0.25, -0.2) is 14.4 Å². The molecule has 1 aromatic carbocycles. The Morgan fingerprint density at radius 2 is 1.51 bits per heavy atom. The monoisotopic (exact) mass is 924 g/mol. The number of amides is 4. The molecule has 1 aromatic rings. The quantitative estimate of drug-likeness (QED) is 0.281. The number of benzene rings is 1. The Labute approximate surface area is 395 Å². The van der Waals surface area contributed by atoms with Crippen molar-refractivity contribution in [1.29, 1.82) is 0 Å². The van der Waals surface area contributed by atoms with E-state index >= 15 is 0 Å². The second kappa shape index (κ2) is 18.3. The third-order valence-corrected chi connectivity index (χ3v) is 15.3. The van der Waals surface area contributed by atoms with E-state index in [0.717, 1.165) is 50.8 Å². The summed E-state index contributed by atoms with van der Waals surface area (Å²) in [4.78, 5) is 87.4. The van der Waals surface area contributed by atoms with E-state index in [2.05, 4.69) is 41.0 Å². The van der Waals surface area contributed by atoms with Crippen LogP contribution in [-0.4, -0.2) is 149 Å². The van der Waals surface area contributed by atoms with Gasteiger partial charge in [-0.3, -0.25) is 14.4 Å². The SMILES string of the molecule is CC#C[C@]12CC[C@H]3[C@@H]4CCC5=CC(=O)CCC5=C4[C@@H](c4ccc(N(C)CCCC(=O)N5CCN(C(=O)OC(C)(C)C)CC5C(=O)N5CCN(C(=O)OC(C)(C)C)CC5C(=O)O)cc4)C[C@@]31CO2. The smallest absolute Gasteiger partial charge is 0.410 e. The van der Waals surface area contributed by atoms with E-state index in [0.29, 0.717) is 31.2 Å². The molecule has 15 nitrogen and oxygen atoms in total. The van der Waals surface area contributed by atoms with Crippen molar-refractivity contribution in [3.63, 3.8) is 0 Å². The Hall–Kier alpha value is -5.36. The second-order valence-electron chi connectivity index (χ2n) is 21.7. The van der Waals surface area contributed by atoms with E-state index in [1.165, 1.54) is 41.9 Å². The van der Waals surface area contributed by atoms with Crippen molar-refractivity contribution in [3.05, 3.63) is 52.6 Å². The maximum absolute atomic E-state index is 14.5. The summed E-state index contributed by atoms with van der Waals surface area (Å²) in [5.74, 6) is 6.00. The highest BCUT2D eigenvalue weighted by Gasteiger charge is 2.71. The Morgan fingerprint density at radius 1 is 0.866 bits per heavy atom. The minimum atomic E-state index is -1.38. The van der Waals surface area contributed by atoms with E-state index in [9.17, 15) is 33.9 Å². The van der Waals surface area contributed by atoms with Gasteiger partial charge < -0.3 is 43.8 Å². The molecule has 1 N–H and O–H groups in total. The van der Waals surface area contributed by atoms with Crippen LogP contribution in [0.25, 0.3) is 0 Å². The Morgan fingerprint density at radius 3 is 2.10 bits per heavy atom. The number of aliphatic carboxylic acids is 1. The van der Waals surface area contributed by atoms with Crippen molar-refractivity contribution in [2.45, 2.75) is 141 Å². The highest BCUT2D eigenvalue weighted by Crippen LogP contribution is 2.71. The van der Waals surface area contributed by atoms with Crippen molar-refractivity contribution in [1.82, 2.24) is 19.6 Å². The van der Waals surface area contributed by atoms with Crippen LogP contribution in [0.15, 0.2) is 47.1 Å². The Bertz CT molecular complexity index is 2300. The molecule has 4 amide bonds. The van der Waals surface area contributed by atoms with E-state index in [1.807, 2.05) is 20.0 Å². The molecule has 7 atom stereocenters. The van der Waals surface area contributed by atoms with E-state index < -0.39 is 47.3 Å². The van der Waals surface area contributed by atoms with Crippen molar-refractivity contribution in [2.24, 2.45) is 17.3 Å². The van der Waals surface area contributed by atoms with Crippen LogP contribution < -0.4 is 4.90 Å². The van der Waals surface area contributed by atoms with Crippen LogP contribution in [0.4, 0.5) is 15.3 Å². The number of piperazine rings is 2. The molecule has 7 aliphatic rings. The van der Waals surface area contributed by atoms with Crippen LogP contribution in [0.1, 0.15) is 118 Å². The summed E-state index contributed by atoms with van der Waals surface area (Å²) in [6.45, 7) is 13.3. The van der Waals surface area contributed by atoms with Gasteiger partial charge in [-0.15, -0.1) is 5.92 Å². The largest absolute Gasteiger partial charge is 0.480 e. The lowest BCUT2D eigenvalue weighted by molar-refractivity contribution is -0.245. The average Bonchev–Trinajstić information content (AvgIpc) is 3.48. The van der Waals surface area contributed by atoms with Crippen molar-refractivity contribution >= 4 is 41.4 Å². The number of rotatable bonds is 8. The normalized spacial score (nSPS) is 29.2. The zero-order valence-corrected chi connectivity index (χ0v) is 40.7. The molecule has 15 heteroatoms. The molecule has 3 saturated heterocycles. The van der Waals surface area contributed by atoms with E-state index in [-0.39, 0.29) is 74.3 Å². The summed E-state index contributed by atoms with van der Waals surface area (Å²) in [6, 6.07) is 6.26. The number of carboxylic acids is 1. The molecule has 3 heterocycles. The number of nitrogens with zero attached hydrogens (tertiary/aromatic N) is 5. The van der Waals surface area contributed by atoms with Crippen LogP contribution in [0.3, 0.4) is 0 Å². The standard InChI is InChI=1S/C52H69N5O10/c1-9-21-52-22-20-40-38-18-14-34-28-36(58)17-19-37(34)44(38)39(29-51(40,52)32-65-52)33-12-15-35(16-13-33)53(8)23-10-11-43(59)56-26-24-54(47(63)66-49(2,3)4)30-41(56)45(60)57-27-25-55(31-42(57)46(61)62)48(64)67-50(5,6)7/h12-13,15-16,28,38-42H,10-11,14,17-20,22-27,29-32H2,1-8H3,(H,61,62)/t38-,39+,40-,41?,42?,51+,52-/m0/s1. The molecule has 2 saturated carbocycles. The molecule has 1 spiro atoms. The molecule has 0 bridgehead atoms. The number of hydrogen-bond donors (Lipinski definition) is 1. The van der Waals surface area contributed by atoms with Gasteiger partial charge in [0.05, 0.1) is 19.7 Å². The number of allylic oxidation sites excluding steroid dienone is 4. The molecule has 3 aliphatic heterocycles. The van der Waals surface area contributed by atoms with Gasteiger partial charge in [-0.2, -0.15) is 0 Å². The van der Waals surface area contributed by atoms with Gasteiger partial charge in [-0.05, 0) is 140 Å². The minimum Gasteiger partial charge on any atom is -0.480 e. The van der Waals surface area contributed by atoms with Gasteiger partial charge in [-0.1, -0.05) is 23.6 Å². The van der Waals surface area contributed by atoms with Gasteiger partial charge in [0.15, 0.2) is 5.78 Å². The molecule has 4 aliphatic carbocycles. The minimum absolute atomic E-state index is 0.0177. The summed E-state index contributed by atoms with van der Waals surface area (Å²) in [6.07, 6.45) is 7.67. The lowest BCUT2D eigenvalue weighted by Gasteiger charge is -2.61. The Kier molecular flexibility index (Phi) is 13.1. The third-order valence-electron chi connectivity index (χ3n) is 15.3. The lowest BCUT2D eigenvalue weighted by atomic mass is 9.49. The maximum Gasteiger partial charge on any atom is 0.410 e. The first-order valence-electron chi connectivity index (χ1n) is 24.3. The zero-order valence-electron chi connectivity index (χ0n) is 40.7. The molecule has 362 valence electrons. The molecule has 2 unspecified atom stereocenters. The number of fused-ring (bicyclic) bond motifs is 3. The number of carbonyl (C=O) groups excluding carboxylic acids is 5. The first kappa shape index (κ1) is 48.1. The van der Waals surface area contributed by atoms with Crippen LogP contribution in [-0.2, 0) is 33.4 Å². The predicted molar refractivity (Wildman–Crippen MR) is 250 cm³/mol. The number of ketones is 1. The highest BCUT2D eigenvalue weighted by atomic mass is 16.6.